The van der Waals surface area contributed by atoms with Crippen molar-refractivity contribution in [1.29, 1.82) is 0 Å². The highest BCUT2D eigenvalue weighted by atomic mass is 16.2. The fraction of sp³-hybridized carbons (Fsp3) is 0.529. The molecule has 1 saturated carbocycles. The summed E-state index contributed by atoms with van der Waals surface area (Å²) in [7, 11) is 0. The molecule has 0 radical (unpaired) electrons. The van der Waals surface area contributed by atoms with Gasteiger partial charge in [-0.25, -0.2) is 0 Å². The summed E-state index contributed by atoms with van der Waals surface area (Å²) < 4.78 is 0. The van der Waals surface area contributed by atoms with Gasteiger partial charge in [0.25, 0.3) is 0 Å². The Bertz CT molecular complexity index is 573. The molecular formula is C17H23N3O2. The molecular weight excluding hydrogens is 278 g/mol. The number of amides is 2. The second-order valence-corrected chi connectivity index (χ2v) is 6.35. The van der Waals surface area contributed by atoms with Crippen molar-refractivity contribution in [2.75, 3.05) is 5.32 Å². The van der Waals surface area contributed by atoms with E-state index in [0.717, 1.165) is 24.1 Å². The van der Waals surface area contributed by atoms with E-state index < -0.39 is 6.04 Å². The maximum Gasteiger partial charge on any atom is 0.237 e. The van der Waals surface area contributed by atoms with E-state index in [1.807, 2.05) is 31.2 Å². The molecule has 1 aromatic carbocycles. The Morgan fingerprint density at radius 3 is 2.82 bits per heavy atom. The second-order valence-electron chi connectivity index (χ2n) is 6.35. The maximum absolute atomic E-state index is 12.2. The molecule has 3 rings (SSSR count). The molecule has 1 aliphatic carbocycles. The van der Waals surface area contributed by atoms with E-state index in [0.29, 0.717) is 6.04 Å². The molecule has 1 saturated heterocycles. The van der Waals surface area contributed by atoms with Gasteiger partial charge in [0.15, 0.2) is 0 Å². The number of fused-ring (bicyclic) bond motifs is 1. The molecule has 2 amide bonds. The molecule has 0 spiro atoms. The van der Waals surface area contributed by atoms with Gasteiger partial charge in [0, 0.05) is 17.8 Å². The van der Waals surface area contributed by atoms with Gasteiger partial charge >= 0.3 is 0 Å². The number of hydrogen-bond acceptors (Lipinski definition) is 3. The minimum Gasteiger partial charge on any atom is -0.350 e. The van der Waals surface area contributed by atoms with E-state index >= 15 is 0 Å². The van der Waals surface area contributed by atoms with Gasteiger partial charge < -0.3 is 16.0 Å². The van der Waals surface area contributed by atoms with Crippen molar-refractivity contribution < 1.29 is 9.59 Å². The standard InChI is InChI=1S/C17H23N3O2/c1-11-5-4-6-12(9-11)18-16(21)10-15-17(22)20-14-8-3-2-7-13(14)19-15/h4-6,9,13-15,19H,2-3,7-8,10H2,1H3,(H,18,21)(H,20,22)/t13-,14+,15-/m1/s1. The molecule has 1 aromatic rings. The SMILES string of the molecule is Cc1cccc(NC(=O)C[C@H]2N[C@@H]3CCCC[C@@H]3NC2=O)c1. The van der Waals surface area contributed by atoms with E-state index in [9.17, 15) is 9.59 Å². The van der Waals surface area contributed by atoms with Gasteiger partial charge in [-0.15, -0.1) is 0 Å². The number of benzene rings is 1. The quantitative estimate of drug-likeness (QED) is 0.796. The van der Waals surface area contributed by atoms with E-state index in [1.54, 1.807) is 0 Å². The van der Waals surface area contributed by atoms with Crippen LogP contribution in [-0.2, 0) is 9.59 Å². The van der Waals surface area contributed by atoms with Crippen LogP contribution in [0.4, 0.5) is 5.69 Å². The number of aryl methyl sites for hydroxylation is 1. The Labute approximate surface area is 130 Å². The largest absolute Gasteiger partial charge is 0.350 e. The highest BCUT2D eigenvalue weighted by Crippen LogP contribution is 2.22. The summed E-state index contributed by atoms with van der Waals surface area (Å²) in [5.74, 6) is -0.185. The smallest absolute Gasteiger partial charge is 0.237 e. The van der Waals surface area contributed by atoms with Crippen LogP contribution in [0.1, 0.15) is 37.7 Å². The average Bonchev–Trinajstić information content (AvgIpc) is 2.48. The van der Waals surface area contributed by atoms with Crippen LogP contribution in [0.2, 0.25) is 0 Å². The highest BCUT2D eigenvalue weighted by Gasteiger charge is 2.36. The van der Waals surface area contributed by atoms with Crippen molar-refractivity contribution in [3.8, 4) is 0 Å². The molecule has 1 heterocycles. The van der Waals surface area contributed by atoms with Crippen molar-refractivity contribution in [3.05, 3.63) is 29.8 Å². The van der Waals surface area contributed by atoms with Gasteiger partial charge in [-0.2, -0.15) is 0 Å². The fourth-order valence-electron chi connectivity index (χ4n) is 3.39. The number of piperazine rings is 1. The number of rotatable bonds is 3. The monoisotopic (exact) mass is 301 g/mol. The highest BCUT2D eigenvalue weighted by molar-refractivity contribution is 5.95. The van der Waals surface area contributed by atoms with Crippen LogP contribution < -0.4 is 16.0 Å². The second kappa shape index (κ2) is 6.48. The third-order valence-corrected chi connectivity index (χ3v) is 4.52. The molecule has 5 heteroatoms. The van der Waals surface area contributed by atoms with Crippen LogP contribution in [0.25, 0.3) is 0 Å². The Morgan fingerprint density at radius 1 is 1.27 bits per heavy atom. The molecule has 0 unspecified atom stereocenters. The number of carbonyl (C=O) groups excluding carboxylic acids is 2. The fourth-order valence-corrected chi connectivity index (χ4v) is 3.39. The van der Waals surface area contributed by atoms with Gasteiger partial charge in [-0.1, -0.05) is 25.0 Å². The van der Waals surface area contributed by atoms with E-state index in [-0.39, 0.29) is 24.3 Å². The van der Waals surface area contributed by atoms with Gasteiger partial charge in [0.2, 0.25) is 11.8 Å². The molecule has 2 fully saturated rings. The van der Waals surface area contributed by atoms with Gasteiger partial charge in [-0.05, 0) is 37.5 Å². The molecule has 0 aromatic heterocycles. The maximum atomic E-state index is 12.2. The number of anilines is 1. The summed E-state index contributed by atoms with van der Waals surface area (Å²) in [6.45, 7) is 1.98. The molecule has 0 bridgehead atoms. The predicted molar refractivity (Wildman–Crippen MR) is 85.5 cm³/mol. The van der Waals surface area contributed by atoms with Crippen molar-refractivity contribution in [2.24, 2.45) is 0 Å². The molecule has 2 aliphatic rings. The third-order valence-electron chi connectivity index (χ3n) is 4.52. The zero-order chi connectivity index (χ0) is 15.5. The van der Waals surface area contributed by atoms with Crippen LogP contribution in [0.15, 0.2) is 24.3 Å². The molecule has 3 atom stereocenters. The van der Waals surface area contributed by atoms with Crippen molar-refractivity contribution in [1.82, 2.24) is 10.6 Å². The lowest BCUT2D eigenvalue weighted by Crippen LogP contribution is -2.65. The molecule has 118 valence electrons. The number of carbonyl (C=O) groups is 2. The summed E-state index contributed by atoms with van der Waals surface area (Å²) >= 11 is 0. The topological polar surface area (TPSA) is 70.2 Å². The Balaban J connectivity index is 1.57. The number of hydrogen-bond donors (Lipinski definition) is 3. The first-order valence-corrected chi connectivity index (χ1v) is 8.05. The first kappa shape index (κ1) is 15.0. The molecule has 22 heavy (non-hydrogen) atoms. The van der Waals surface area contributed by atoms with Gasteiger partial charge in [0.05, 0.1) is 12.5 Å². The molecule has 3 N–H and O–H groups in total. The van der Waals surface area contributed by atoms with Crippen LogP contribution in [-0.4, -0.2) is 29.9 Å². The van der Waals surface area contributed by atoms with E-state index in [4.69, 9.17) is 0 Å². The van der Waals surface area contributed by atoms with Crippen molar-refractivity contribution >= 4 is 17.5 Å². The van der Waals surface area contributed by atoms with Gasteiger partial charge in [-0.3, -0.25) is 9.59 Å². The summed E-state index contributed by atoms with van der Waals surface area (Å²) in [4.78, 5) is 24.3. The lowest BCUT2D eigenvalue weighted by molar-refractivity contribution is -0.129. The minimum atomic E-state index is -0.427. The summed E-state index contributed by atoms with van der Waals surface area (Å²) in [5.41, 5.74) is 1.87. The van der Waals surface area contributed by atoms with Crippen LogP contribution in [0, 0.1) is 6.92 Å². The average molecular weight is 301 g/mol. The normalized spacial score (nSPS) is 27.7. The lowest BCUT2D eigenvalue weighted by Gasteiger charge is -2.40. The zero-order valence-corrected chi connectivity index (χ0v) is 12.9. The van der Waals surface area contributed by atoms with Crippen LogP contribution in [0.5, 0.6) is 0 Å². The van der Waals surface area contributed by atoms with Crippen molar-refractivity contribution in [2.45, 2.75) is 57.2 Å². The Hall–Kier alpha value is -1.88. The van der Waals surface area contributed by atoms with Crippen LogP contribution >= 0.6 is 0 Å². The van der Waals surface area contributed by atoms with Crippen LogP contribution in [0.3, 0.4) is 0 Å². The first-order valence-electron chi connectivity index (χ1n) is 8.05. The molecule has 1 aliphatic heterocycles. The summed E-state index contributed by atoms with van der Waals surface area (Å²) in [6, 6.07) is 7.78. The predicted octanol–water partition coefficient (Wildman–Crippen LogP) is 1.72. The molecule has 5 nitrogen and oxygen atoms in total. The van der Waals surface area contributed by atoms with E-state index in [2.05, 4.69) is 16.0 Å². The summed E-state index contributed by atoms with van der Waals surface area (Å²) in [5, 5.41) is 9.29. The number of nitrogens with one attached hydrogen (secondary N) is 3. The van der Waals surface area contributed by atoms with Gasteiger partial charge in [0.1, 0.15) is 0 Å². The summed E-state index contributed by atoms with van der Waals surface area (Å²) in [6.07, 6.45) is 4.63. The van der Waals surface area contributed by atoms with E-state index in [1.165, 1.54) is 12.8 Å². The first-order chi connectivity index (χ1) is 10.6. The Kier molecular flexibility index (Phi) is 4.43. The minimum absolute atomic E-state index is 0.0532. The van der Waals surface area contributed by atoms with Crippen molar-refractivity contribution in [3.63, 3.8) is 0 Å². The Morgan fingerprint density at radius 2 is 2.05 bits per heavy atom. The lowest BCUT2D eigenvalue weighted by atomic mass is 9.87. The third kappa shape index (κ3) is 3.47. The zero-order valence-electron chi connectivity index (χ0n) is 12.9.